The van der Waals surface area contributed by atoms with Crippen LogP contribution in [0.15, 0.2) is 36.4 Å². The van der Waals surface area contributed by atoms with Gasteiger partial charge in [-0.2, -0.15) is 0 Å². The van der Waals surface area contributed by atoms with E-state index in [2.05, 4.69) is 23.2 Å². The predicted octanol–water partition coefficient (Wildman–Crippen LogP) is 4.78. The van der Waals surface area contributed by atoms with Gasteiger partial charge in [0.15, 0.2) is 5.13 Å². The second-order valence-corrected chi connectivity index (χ2v) is 8.43. The molecule has 0 bridgehead atoms. The highest BCUT2D eigenvalue weighted by molar-refractivity contribution is 7.22. The van der Waals surface area contributed by atoms with E-state index in [-0.39, 0.29) is 11.8 Å². The summed E-state index contributed by atoms with van der Waals surface area (Å²) < 4.78 is 6.42. The minimum Gasteiger partial charge on any atom is -0.497 e. The number of nitrogens with one attached hydrogen (secondary N) is 1. The number of benzene rings is 2. The summed E-state index contributed by atoms with van der Waals surface area (Å²) in [6, 6.07) is 12.1. The molecule has 146 valence electrons. The van der Waals surface area contributed by atoms with Crippen molar-refractivity contribution in [3.05, 3.63) is 47.5 Å². The van der Waals surface area contributed by atoms with E-state index >= 15 is 0 Å². The molecule has 1 fully saturated rings. The second kappa shape index (κ2) is 7.80. The molecule has 2 heterocycles. The summed E-state index contributed by atoms with van der Waals surface area (Å²) in [4.78, 5) is 19.9. The van der Waals surface area contributed by atoms with Crippen molar-refractivity contribution in [2.45, 2.75) is 26.7 Å². The zero-order valence-corrected chi connectivity index (χ0v) is 17.3. The first kappa shape index (κ1) is 18.7. The third-order valence-electron chi connectivity index (χ3n) is 5.29. The molecule has 4 rings (SSSR count). The standard InChI is InChI=1S/C22H25N3O2S/c1-14-6-8-18(15(2)11-14)23-21(26)16-5-4-10-25(13-16)22-24-19-9-7-17(27-3)12-20(19)28-22/h6-9,11-12,16H,4-5,10,13H2,1-3H3,(H,23,26). The zero-order valence-electron chi connectivity index (χ0n) is 16.5. The van der Waals surface area contributed by atoms with Gasteiger partial charge in [-0.1, -0.05) is 29.0 Å². The average Bonchev–Trinajstić information content (AvgIpc) is 3.13. The Morgan fingerprint density at radius 1 is 1.25 bits per heavy atom. The lowest BCUT2D eigenvalue weighted by atomic mass is 9.97. The summed E-state index contributed by atoms with van der Waals surface area (Å²) in [7, 11) is 1.67. The van der Waals surface area contributed by atoms with Gasteiger partial charge in [-0.25, -0.2) is 4.98 Å². The number of methoxy groups -OCH3 is 1. The van der Waals surface area contributed by atoms with E-state index in [0.717, 1.165) is 51.7 Å². The fraction of sp³-hybridized carbons (Fsp3) is 0.364. The number of hydrogen-bond donors (Lipinski definition) is 1. The van der Waals surface area contributed by atoms with Crippen molar-refractivity contribution < 1.29 is 9.53 Å². The number of aromatic nitrogens is 1. The molecule has 3 aromatic rings. The molecule has 0 saturated carbocycles. The van der Waals surface area contributed by atoms with Gasteiger partial charge in [0, 0.05) is 18.8 Å². The minimum absolute atomic E-state index is 0.0315. The molecule has 1 unspecified atom stereocenters. The molecule has 1 aromatic heterocycles. The monoisotopic (exact) mass is 395 g/mol. The highest BCUT2D eigenvalue weighted by Crippen LogP contribution is 2.33. The van der Waals surface area contributed by atoms with Crippen LogP contribution in [0.5, 0.6) is 5.75 Å². The van der Waals surface area contributed by atoms with E-state index < -0.39 is 0 Å². The molecular formula is C22H25N3O2S. The zero-order chi connectivity index (χ0) is 19.7. The normalized spacial score (nSPS) is 17.0. The topological polar surface area (TPSA) is 54.5 Å². The molecule has 1 amide bonds. The van der Waals surface area contributed by atoms with Crippen LogP contribution in [0.3, 0.4) is 0 Å². The summed E-state index contributed by atoms with van der Waals surface area (Å²) >= 11 is 1.66. The number of nitrogens with zero attached hydrogens (tertiary/aromatic N) is 2. The summed E-state index contributed by atoms with van der Waals surface area (Å²) in [5.41, 5.74) is 4.18. The molecule has 0 radical (unpaired) electrons. The molecular weight excluding hydrogens is 370 g/mol. The van der Waals surface area contributed by atoms with Gasteiger partial charge in [0.1, 0.15) is 5.75 Å². The van der Waals surface area contributed by atoms with Gasteiger partial charge in [-0.05, 0) is 56.5 Å². The van der Waals surface area contributed by atoms with Crippen LogP contribution in [-0.4, -0.2) is 31.1 Å². The van der Waals surface area contributed by atoms with Crippen LogP contribution in [0.25, 0.3) is 10.2 Å². The van der Waals surface area contributed by atoms with Crippen molar-refractivity contribution in [2.24, 2.45) is 5.92 Å². The van der Waals surface area contributed by atoms with E-state index in [1.165, 1.54) is 5.56 Å². The molecule has 6 heteroatoms. The highest BCUT2D eigenvalue weighted by atomic mass is 32.1. The van der Waals surface area contributed by atoms with Gasteiger partial charge < -0.3 is 15.0 Å². The molecule has 0 spiro atoms. The van der Waals surface area contributed by atoms with Crippen LogP contribution < -0.4 is 15.0 Å². The Hall–Kier alpha value is -2.60. The van der Waals surface area contributed by atoms with E-state index in [9.17, 15) is 4.79 Å². The quantitative estimate of drug-likeness (QED) is 0.691. The summed E-state index contributed by atoms with van der Waals surface area (Å²) in [6.07, 6.45) is 1.90. The summed E-state index contributed by atoms with van der Waals surface area (Å²) in [6.45, 7) is 5.73. The fourth-order valence-corrected chi connectivity index (χ4v) is 4.74. The number of anilines is 2. The Labute approximate surface area is 169 Å². The highest BCUT2D eigenvalue weighted by Gasteiger charge is 2.27. The van der Waals surface area contributed by atoms with Crippen LogP contribution in [0.4, 0.5) is 10.8 Å². The first-order valence-corrected chi connectivity index (χ1v) is 10.4. The second-order valence-electron chi connectivity index (χ2n) is 7.42. The lowest BCUT2D eigenvalue weighted by molar-refractivity contribution is -0.120. The third kappa shape index (κ3) is 3.83. The van der Waals surface area contributed by atoms with Crippen LogP contribution in [0.2, 0.25) is 0 Å². The molecule has 1 saturated heterocycles. The first-order chi connectivity index (χ1) is 13.5. The van der Waals surface area contributed by atoms with Crippen molar-refractivity contribution in [3.8, 4) is 5.75 Å². The maximum atomic E-state index is 12.9. The van der Waals surface area contributed by atoms with Gasteiger partial charge in [0.05, 0.1) is 23.2 Å². The largest absolute Gasteiger partial charge is 0.497 e. The minimum atomic E-state index is -0.0315. The number of fused-ring (bicyclic) bond motifs is 1. The molecule has 28 heavy (non-hydrogen) atoms. The van der Waals surface area contributed by atoms with Gasteiger partial charge in [0.25, 0.3) is 0 Å². The Balaban J connectivity index is 1.48. The Morgan fingerprint density at radius 3 is 2.89 bits per heavy atom. The van der Waals surface area contributed by atoms with E-state index in [1.54, 1.807) is 18.4 Å². The molecule has 1 N–H and O–H groups in total. The molecule has 5 nitrogen and oxygen atoms in total. The number of piperidine rings is 1. The van der Waals surface area contributed by atoms with Crippen LogP contribution >= 0.6 is 11.3 Å². The molecule has 1 aliphatic rings. The third-order valence-corrected chi connectivity index (χ3v) is 6.37. The first-order valence-electron chi connectivity index (χ1n) is 9.61. The van der Waals surface area contributed by atoms with Gasteiger partial charge in [0.2, 0.25) is 5.91 Å². The van der Waals surface area contributed by atoms with Gasteiger partial charge in [-0.3, -0.25) is 4.79 Å². The van der Waals surface area contributed by atoms with E-state index in [4.69, 9.17) is 9.72 Å². The Kier molecular flexibility index (Phi) is 5.22. The van der Waals surface area contributed by atoms with E-state index in [1.807, 2.05) is 37.3 Å². The van der Waals surface area contributed by atoms with Crippen molar-refractivity contribution in [1.29, 1.82) is 0 Å². The van der Waals surface area contributed by atoms with Crippen LogP contribution in [0, 0.1) is 19.8 Å². The Bertz CT molecular complexity index is 1010. The van der Waals surface area contributed by atoms with Crippen molar-refractivity contribution in [3.63, 3.8) is 0 Å². The number of aryl methyl sites for hydroxylation is 2. The maximum Gasteiger partial charge on any atom is 0.229 e. The smallest absolute Gasteiger partial charge is 0.229 e. The van der Waals surface area contributed by atoms with Gasteiger partial charge in [-0.15, -0.1) is 0 Å². The van der Waals surface area contributed by atoms with Crippen LogP contribution in [0.1, 0.15) is 24.0 Å². The van der Waals surface area contributed by atoms with E-state index in [0.29, 0.717) is 6.54 Å². The molecule has 2 aromatic carbocycles. The number of rotatable bonds is 4. The fourth-order valence-electron chi connectivity index (χ4n) is 3.71. The molecule has 1 atom stereocenters. The van der Waals surface area contributed by atoms with Crippen molar-refractivity contribution in [2.75, 3.05) is 30.4 Å². The van der Waals surface area contributed by atoms with Gasteiger partial charge >= 0.3 is 0 Å². The number of carbonyl (C=O) groups excluding carboxylic acids is 1. The number of amides is 1. The Morgan fingerprint density at radius 2 is 2.11 bits per heavy atom. The lowest BCUT2D eigenvalue weighted by Crippen LogP contribution is -2.40. The summed E-state index contributed by atoms with van der Waals surface area (Å²) in [5.74, 6) is 0.905. The van der Waals surface area contributed by atoms with Crippen molar-refractivity contribution >= 4 is 38.3 Å². The molecule has 0 aliphatic carbocycles. The number of ether oxygens (including phenoxy) is 1. The number of hydrogen-bond acceptors (Lipinski definition) is 5. The average molecular weight is 396 g/mol. The van der Waals surface area contributed by atoms with Crippen molar-refractivity contribution in [1.82, 2.24) is 4.98 Å². The van der Waals surface area contributed by atoms with Crippen LogP contribution in [-0.2, 0) is 4.79 Å². The molecule has 1 aliphatic heterocycles. The number of thiazole rings is 1. The predicted molar refractivity (Wildman–Crippen MR) is 116 cm³/mol. The summed E-state index contributed by atoms with van der Waals surface area (Å²) in [5, 5.41) is 4.10. The maximum absolute atomic E-state index is 12.9. The lowest BCUT2D eigenvalue weighted by Gasteiger charge is -2.31. The SMILES string of the molecule is COc1ccc2nc(N3CCCC(C(=O)Nc4ccc(C)cc4C)C3)sc2c1. The number of carbonyl (C=O) groups is 1.